The van der Waals surface area contributed by atoms with Gasteiger partial charge in [-0.2, -0.15) is 39.5 Å². The molecule has 0 spiro atoms. The summed E-state index contributed by atoms with van der Waals surface area (Å²) in [7, 11) is -18.3. The molecule has 1 aromatic rings. The van der Waals surface area contributed by atoms with Gasteiger partial charge in [0.2, 0.25) is 0 Å². The number of phenols is 1. The van der Waals surface area contributed by atoms with Crippen molar-refractivity contribution in [2.45, 2.75) is 16.5 Å². The molecule has 1 aromatic carbocycles. The first-order chi connectivity index (χ1) is 14.1. The molecule has 1 rings (SSSR count). The van der Waals surface area contributed by atoms with Crippen molar-refractivity contribution < 1.29 is 135 Å². The molecule has 0 atom stereocenters. The van der Waals surface area contributed by atoms with Crippen LogP contribution in [0.5, 0.6) is 5.75 Å². The average Bonchev–Trinajstić information content (AvgIpc) is 2.50. The fourth-order valence-electron chi connectivity index (χ4n) is 0.598. The van der Waals surface area contributed by atoms with Gasteiger partial charge in [-0.05, 0) is 12.1 Å². The largest absolute Gasteiger partial charge is 3.00 e. The SMILES string of the molecule is O=Cc1cccc(O)c1.O=S(=O)([O-])C(F)(F)F.O=S(=O)([O-])C(F)(F)F.O=S(=O)([O-])C(F)(F)F.[Yb+3]. The predicted octanol–water partition coefficient (Wildman–Crippen LogP) is 1.36. The molecule has 1 radical (unpaired) electrons. The molecule has 34 heavy (non-hydrogen) atoms. The van der Waals surface area contributed by atoms with Crippen LogP contribution >= 0.6 is 0 Å². The van der Waals surface area contributed by atoms with E-state index >= 15 is 0 Å². The van der Waals surface area contributed by atoms with Gasteiger partial charge in [0.05, 0.1) is 0 Å². The topological polar surface area (TPSA) is 209 Å². The van der Waals surface area contributed by atoms with E-state index in [9.17, 15) is 44.3 Å². The summed E-state index contributed by atoms with van der Waals surface area (Å²) >= 11 is 0. The number of hydrogen-bond donors (Lipinski definition) is 1. The van der Waals surface area contributed by atoms with Gasteiger partial charge in [-0.25, -0.2) is 25.3 Å². The second-order valence-corrected chi connectivity index (χ2v) is 8.53. The third-order valence-corrected chi connectivity index (χ3v) is 3.56. The number of aromatic hydroxyl groups is 1. The number of phenolic OH excluding ortho intramolecular Hbond substituents is 1. The Morgan fingerprint density at radius 1 is 0.676 bits per heavy atom. The number of carbonyl (C=O) groups is 1. The van der Waals surface area contributed by atoms with Gasteiger partial charge in [0.15, 0.2) is 30.4 Å². The molecule has 0 aliphatic rings. The van der Waals surface area contributed by atoms with Gasteiger partial charge in [-0.1, -0.05) is 12.1 Å². The minimum atomic E-state index is -6.09. The zero-order chi connectivity index (χ0) is 27.7. The zero-order valence-electron chi connectivity index (χ0n) is 14.8. The molecular weight excluding hydrogens is 736 g/mol. The van der Waals surface area contributed by atoms with Crippen LogP contribution in [0.2, 0.25) is 0 Å². The minimum absolute atomic E-state index is 0. The summed E-state index contributed by atoms with van der Waals surface area (Å²) in [4.78, 5) is 10.0. The normalized spacial score (nSPS) is 12.2. The van der Waals surface area contributed by atoms with E-state index in [0.717, 1.165) is 0 Å². The summed E-state index contributed by atoms with van der Waals surface area (Å²) in [5.74, 6) is 0.125. The summed E-state index contributed by atoms with van der Waals surface area (Å²) in [6, 6.07) is 6.19. The third kappa shape index (κ3) is 19.6. The Morgan fingerprint density at radius 3 is 1.03 bits per heavy atom. The number of alkyl halides is 9. The van der Waals surface area contributed by atoms with Crippen molar-refractivity contribution in [3.63, 3.8) is 0 Å². The first-order valence-corrected chi connectivity index (χ1v) is 10.6. The molecule has 11 nitrogen and oxygen atoms in total. The number of rotatable bonds is 1. The van der Waals surface area contributed by atoms with Crippen LogP contribution in [-0.4, -0.2) is 66.8 Å². The van der Waals surface area contributed by atoms with Crippen LogP contribution < -0.4 is 0 Å². The fourth-order valence-corrected chi connectivity index (χ4v) is 0.598. The summed E-state index contributed by atoms with van der Waals surface area (Å²) < 4.78 is 177. The number of halogens is 9. The van der Waals surface area contributed by atoms with E-state index in [-0.39, 0.29) is 52.7 Å². The van der Waals surface area contributed by atoms with E-state index < -0.39 is 46.9 Å². The van der Waals surface area contributed by atoms with Gasteiger partial charge in [0.25, 0.3) is 0 Å². The van der Waals surface area contributed by atoms with Gasteiger partial charge in [0, 0.05) is 5.56 Å². The van der Waals surface area contributed by atoms with Gasteiger partial charge in [-0.15, -0.1) is 0 Å². The number of benzene rings is 1. The molecule has 0 unspecified atom stereocenters. The van der Waals surface area contributed by atoms with Crippen LogP contribution in [0.15, 0.2) is 24.3 Å². The molecule has 0 saturated heterocycles. The molecule has 0 heterocycles. The van der Waals surface area contributed by atoms with Gasteiger partial charge in [0.1, 0.15) is 12.0 Å². The average molecular weight is 742 g/mol. The van der Waals surface area contributed by atoms with Crippen molar-refractivity contribution in [1.82, 2.24) is 0 Å². The van der Waals surface area contributed by atoms with Crippen molar-refractivity contribution in [3.05, 3.63) is 29.8 Å². The smallest absolute Gasteiger partial charge is 0.741 e. The van der Waals surface area contributed by atoms with E-state index in [0.29, 0.717) is 11.8 Å². The molecule has 0 amide bonds. The van der Waals surface area contributed by atoms with Crippen molar-refractivity contribution in [1.29, 1.82) is 0 Å². The second-order valence-electron chi connectivity index (χ2n) is 4.41. The van der Waals surface area contributed by atoms with Gasteiger partial charge in [-0.3, -0.25) is 4.79 Å². The zero-order valence-corrected chi connectivity index (χ0v) is 19.0. The maximum absolute atomic E-state index is 10.7. The van der Waals surface area contributed by atoms with Crippen LogP contribution in [0.25, 0.3) is 0 Å². The maximum Gasteiger partial charge on any atom is 3.00 e. The first kappa shape index (κ1) is 40.5. The minimum Gasteiger partial charge on any atom is -0.741 e. The van der Waals surface area contributed by atoms with E-state index in [4.69, 9.17) is 44.0 Å². The molecule has 0 aromatic heterocycles. The predicted molar refractivity (Wildman–Crippen MR) is 80.8 cm³/mol. The number of carbonyl (C=O) groups excluding carboxylic acids is 1. The fraction of sp³-hybridized carbons (Fsp3) is 0.300. The summed E-state index contributed by atoms with van der Waals surface area (Å²) in [6.45, 7) is 0. The van der Waals surface area contributed by atoms with E-state index in [2.05, 4.69) is 0 Å². The summed E-state index contributed by atoms with van der Waals surface area (Å²) in [5.41, 5.74) is -16.4. The molecule has 0 aliphatic carbocycles. The molecule has 0 saturated carbocycles. The van der Waals surface area contributed by atoms with Crippen LogP contribution in [0, 0.1) is 46.9 Å². The van der Waals surface area contributed by atoms with Crippen molar-refractivity contribution in [2.75, 3.05) is 0 Å². The number of aldehydes is 1. The van der Waals surface area contributed by atoms with Crippen molar-refractivity contribution >= 4 is 36.6 Å². The van der Waals surface area contributed by atoms with Crippen LogP contribution in [0.4, 0.5) is 39.5 Å². The van der Waals surface area contributed by atoms with Gasteiger partial charge >= 0.3 is 63.4 Å². The Morgan fingerprint density at radius 2 is 0.912 bits per heavy atom. The number of hydrogen-bond acceptors (Lipinski definition) is 11. The van der Waals surface area contributed by atoms with E-state index in [1.54, 1.807) is 12.1 Å². The standard InChI is InChI=1S/C7H6O2.3CHF3O3S.Yb/c8-5-6-2-1-3-7(9)4-6;3*2-1(3,4)8(5,6)7;/h1-5,9H;3*(H,5,6,7);/q;;;;+3/p-3. The molecule has 0 fully saturated rings. The molecule has 1 N–H and O–H groups in total. The second kappa shape index (κ2) is 14.8. The Balaban J connectivity index is -0.000000175. The van der Waals surface area contributed by atoms with Crippen molar-refractivity contribution in [2.24, 2.45) is 0 Å². The van der Waals surface area contributed by atoms with Crippen LogP contribution in [0.1, 0.15) is 10.4 Å². The molecule has 0 aliphatic heterocycles. The quantitative estimate of drug-likeness (QED) is 0.188. The molecule has 0 bridgehead atoms. The Hall–Kier alpha value is -0.691. The molecule has 24 heteroatoms. The Bertz CT molecular complexity index is 977. The van der Waals surface area contributed by atoms with E-state index in [1.165, 1.54) is 12.1 Å². The first-order valence-electron chi connectivity index (χ1n) is 6.38. The van der Waals surface area contributed by atoms with Crippen LogP contribution in [0.3, 0.4) is 0 Å². The van der Waals surface area contributed by atoms with Gasteiger partial charge < -0.3 is 18.8 Å². The summed E-state index contributed by atoms with van der Waals surface area (Å²) in [6.07, 6.45) is 0.694. The van der Waals surface area contributed by atoms with Crippen LogP contribution in [-0.2, 0) is 30.4 Å². The monoisotopic (exact) mass is 743 g/mol. The molecule has 207 valence electrons. The Labute approximate surface area is 222 Å². The third-order valence-electron chi connectivity index (χ3n) is 1.86. The maximum atomic E-state index is 10.7. The van der Waals surface area contributed by atoms with Crippen molar-refractivity contribution in [3.8, 4) is 5.75 Å². The van der Waals surface area contributed by atoms with E-state index in [1.807, 2.05) is 0 Å². The molecular formula is C10H6F9O11S3Yb. The Kier molecular flexibility index (Phi) is 17.6. The summed E-state index contributed by atoms with van der Waals surface area (Å²) in [5, 5.41) is 8.79.